The van der Waals surface area contributed by atoms with Crippen molar-refractivity contribution in [3.63, 3.8) is 0 Å². The first-order valence-corrected chi connectivity index (χ1v) is 2.10. The zero-order valence-electron chi connectivity index (χ0n) is 5.16. The Balaban J connectivity index is 0. The molecular weight excluding hydrogens is 265 g/mol. The fourth-order valence-electron chi connectivity index (χ4n) is 0.218. The normalized spacial score (nSPS) is 8.00. The maximum atomic E-state index is 9.53. The minimum Gasteiger partial charge on any atom is -0.548 e. The van der Waals surface area contributed by atoms with E-state index in [0.717, 1.165) is 0 Å². The van der Waals surface area contributed by atoms with Crippen LogP contribution in [-0.2, 0) is 14.3 Å². The van der Waals surface area contributed by atoms with Crippen molar-refractivity contribution in [2.45, 2.75) is 0 Å². The Morgan fingerprint density at radius 3 is 1.60 bits per heavy atom. The Labute approximate surface area is 97.4 Å². The smallest absolute Gasteiger partial charge is 0.548 e. The summed E-state index contributed by atoms with van der Waals surface area (Å²) in [5.74, 6) is -2.90. The predicted octanol–water partition coefficient (Wildman–Crippen LogP) is -3.88. The summed E-state index contributed by atoms with van der Waals surface area (Å²) >= 11 is 0. The number of carboxylic acids is 2. The number of carboxylic acid groups (broad SMARTS) is 2. The van der Waals surface area contributed by atoms with Crippen LogP contribution in [-0.4, -0.2) is 74.0 Å². The molecule has 0 spiro atoms. The van der Waals surface area contributed by atoms with Crippen molar-refractivity contribution < 1.29 is 24.5 Å². The molecule has 0 N–H and O–H groups in total. The quantitative estimate of drug-likeness (QED) is 0.487. The van der Waals surface area contributed by atoms with E-state index in [0.29, 0.717) is 0 Å². The molecule has 0 saturated heterocycles. The Hall–Kier alpha value is 0.471. The molecule has 0 unspecified atom stereocenters. The summed E-state index contributed by atoms with van der Waals surface area (Å²) in [6.07, 6.45) is 0. The van der Waals surface area contributed by atoms with Crippen LogP contribution in [0.3, 0.4) is 0 Å². The molecule has 0 aliphatic heterocycles. The van der Waals surface area contributed by atoms with Crippen LogP contribution in [0.2, 0.25) is 0 Å². The van der Waals surface area contributed by atoms with Gasteiger partial charge in [-0.3, -0.25) is 0 Å². The third-order valence-electron chi connectivity index (χ3n) is 0.440. The van der Waals surface area contributed by atoms with Gasteiger partial charge in [0.2, 0.25) is 0 Å². The Bertz CT molecular complexity index is 109. The monoisotopic (exact) mass is 270 g/mol. The van der Waals surface area contributed by atoms with Crippen molar-refractivity contribution >= 4 is 60.8 Å². The molecule has 10 heavy (non-hydrogen) atoms. The van der Waals surface area contributed by atoms with E-state index in [-0.39, 0.29) is 48.9 Å². The average molecular weight is 269 g/mol. The van der Waals surface area contributed by atoms with E-state index in [4.69, 9.17) is 0 Å². The number of hydrogen-bond donors (Lipinski definition) is 0. The molecule has 0 aromatic carbocycles. The Morgan fingerprint density at radius 2 is 1.40 bits per heavy atom. The molecule has 0 aromatic heterocycles. The number of aliphatic carboxylic acids is 2. The van der Waals surface area contributed by atoms with Gasteiger partial charge in [-0.15, -0.1) is 0 Å². The molecule has 6 heteroatoms. The largest absolute Gasteiger partial charge is 2.00 e. The van der Waals surface area contributed by atoms with E-state index < -0.39 is 25.2 Å². The summed E-state index contributed by atoms with van der Waals surface area (Å²) in [5, 5.41) is 19.1. The van der Waals surface area contributed by atoms with Gasteiger partial charge in [0.1, 0.15) is 0 Å². The molecule has 0 bridgehead atoms. The Kier molecular flexibility index (Phi) is 9.92. The zero-order valence-corrected chi connectivity index (χ0v) is 9.60. The third-order valence-corrected chi connectivity index (χ3v) is 0.440. The van der Waals surface area contributed by atoms with Crippen LogP contribution in [0.25, 0.3) is 0 Å². The maximum absolute atomic E-state index is 9.53. The summed E-state index contributed by atoms with van der Waals surface area (Å²) in [4.78, 5) is 19.1. The number of hydrogen-bond acceptors (Lipinski definition) is 5. The van der Waals surface area contributed by atoms with Crippen LogP contribution in [0, 0.1) is 0 Å². The van der Waals surface area contributed by atoms with E-state index in [1.54, 1.807) is 0 Å². The van der Waals surface area contributed by atoms with Gasteiger partial charge in [-0.1, -0.05) is 0 Å². The van der Waals surface area contributed by atoms with E-state index >= 15 is 0 Å². The number of ether oxygens (including phenoxy) is 1. The molecule has 0 aromatic rings. The van der Waals surface area contributed by atoms with Gasteiger partial charge in [0, 0.05) is 0 Å². The maximum Gasteiger partial charge on any atom is 2.00 e. The number of carbonyl (C=O) groups excluding carboxylic acids is 2. The van der Waals surface area contributed by atoms with Crippen molar-refractivity contribution in [3.8, 4) is 0 Å². The molecule has 0 saturated carbocycles. The van der Waals surface area contributed by atoms with Crippen molar-refractivity contribution in [2.24, 2.45) is 0 Å². The van der Waals surface area contributed by atoms with E-state index in [9.17, 15) is 19.8 Å². The summed E-state index contributed by atoms with van der Waals surface area (Å²) in [5.41, 5.74) is 0. The van der Waals surface area contributed by atoms with Crippen LogP contribution in [0.15, 0.2) is 0 Å². The van der Waals surface area contributed by atoms with Gasteiger partial charge in [0.15, 0.2) is 0 Å². The summed E-state index contributed by atoms with van der Waals surface area (Å²) < 4.78 is 4.03. The minimum atomic E-state index is -1.45. The third kappa shape index (κ3) is 11.3. The second kappa shape index (κ2) is 7.58. The van der Waals surface area contributed by atoms with E-state index in [1.165, 1.54) is 0 Å². The second-order valence-corrected chi connectivity index (χ2v) is 1.24. The van der Waals surface area contributed by atoms with Gasteiger partial charge in [0.05, 0.1) is 25.2 Å². The molecule has 0 fully saturated rings. The first kappa shape index (κ1) is 13.1. The molecule has 0 aliphatic carbocycles. The molecular formula is C4H4BaO5. The molecule has 0 atom stereocenters. The van der Waals surface area contributed by atoms with Gasteiger partial charge < -0.3 is 24.5 Å². The summed E-state index contributed by atoms with van der Waals surface area (Å²) in [6, 6.07) is 0. The van der Waals surface area contributed by atoms with Gasteiger partial charge in [-0.2, -0.15) is 0 Å². The second-order valence-electron chi connectivity index (χ2n) is 1.24. The van der Waals surface area contributed by atoms with Crippen molar-refractivity contribution in [1.29, 1.82) is 0 Å². The zero-order chi connectivity index (χ0) is 7.28. The van der Waals surface area contributed by atoms with E-state index in [2.05, 4.69) is 4.74 Å². The van der Waals surface area contributed by atoms with Crippen LogP contribution >= 0.6 is 0 Å². The van der Waals surface area contributed by atoms with Crippen LogP contribution in [0.4, 0.5) is 0 Å². The number of rotatable bonds is 4. The molecule has 5 nitrogen and oxygen atoms in total. The first-order chi connectivity index (χ1) is 4.13. The summed E-state index contributed by atoms with van der Waals surface area (Å²) in [7, 11) is 0. The molecule has 0 amide bonds. The average Bonchev–Trinajstić information content (AvgIpc) is 1.63. The molecule has 0 radical (unpaired) electrons. The topological polar surface area (TPSA) is 89.5 Å². The van der Waals surface area contributed by atoms with E-state index in [1.807, 2.05) is 0 Å². The van der Waals surface area contributed by atoms with Gasteiger partial charge in [-0.25, -0.2) is 0 Å². The molecule has 0 rings (SSSR count). The molecule has 52 valence electrons. The fourth-order valence-corrected chi connectivity index (χ4v) is 0.218. The van der Waals surface area contributed by atoms with Crippen molar-refractivity contribution in [3.05, 3.63) is 0 Å². The SMILES string of the molecule is O=C([O-])COCC(=O)[O-].[Ba+2]. The van der Waals surface area contributed by atoms with Crippen LogP contribution in [0.1, 0.15) is 0 Å². The van der Waals surface area contributed by atoms with Crippen LogP contribution in [0.5, 0.6) is 0 Å². The van der Waals surface area contributed by atoms with Gasteiger partial charge >= 0.3 is 48.9 Å². The number of carbonyl (C=O) groups is 2. The predicted molar refractivity (Wildman–Crippen MR) is 26.6 cm³/mol. The summed E-state index contributed by atoms with van der Waals surface area (Å²) in [6.45, 7) is -1.43. The first-order valence-electron chi connectivity index (χ1n) is 2.10. The molecule has 0 aliphatic rings. The Morgan fingerprint density at radius 1 is 1.10 bits per heavy atom. The standard InChI is InChI=1S/C4H6O5.Ba/c5-3(6)1-9-2-4(7)8;/h1-2H2,(H,5,6)(H,7,8);/q;+2/p-2. The fraction of sp³-hybridized carbons (Fsp3) is 0.500. The van der Waals surface area contributed by atoms with Crippen LogP contribution < -0.4 is 10.2 Å². The van der Waals surface area contributed by atoms with Gasteiger partial charge in [0.25, 0.3) is 0 Å². The molecule has 0 heterocycles. The van der Waals surface area contributed by atoms with Crippen molar-refractivity contribution in [1.82, 2.24) is 0 Å². The minimum absolute atomic E-state index is 0. The van der Waals surface area contributed by atoms with Gasteiger partial charge in [-0.05, 0) is 0 Å². The van der Waals surface area contributed by atoms with Crippen molar-refractivity contribution in [2.75, 3.05) is 13.2 Å².